The minimum atomic E-state index is -0.317. The molecule has 0 saturated carbocycles. The predicted molar refractivity (Wildman–Crippen MR) is 132 cm³/mol. The Morgan fingerprint density at radius 2 is 2.12 bits per heavy atom. The van der Waals surface area contributed by atoms with E-state index in [-0.39, 0.29) is 24.1 Å². The van der Waals surface area contributed by atoms with Crippen LogP contribution in [0.2, 0.25) is 0 Å². The summed E-state index contributed by atoms with van der Waals surface area (Å²) in [6, 6.07) is 6.16. The van der Waals surface area contributed by atoms with E-state index < -0.39 is 0 Å². The number of allylic oxidation sites excluding steroid dienone is 1. The lowest BCUT2D eigenvalue weighted by molar-refractivity contribution is -0.107. The van der Waals surface area contributed by atoms with Crippen molar-refractivity contribution >= 4 is 40.2 Å². The summed E-state index contributed by atoms with van der Waals surface area (Å²) in [6.07, 6.45) is 4.62. The maximum absolute atomic E-state index is 12.9. The minimum absolute atomic E-state index is 0.000146. The van der Waals surface area contributed by atoms with Gasteiger partial charge in [-0.15, -0.1) is 0 Å². The van der Waals surface area contributed by atoms with Crippen molar-refractivity contribution < 1.29 is 14.3 Å². The molecule has 1 atom stereocenters. The summed E-state index contributed by atoms with van der Waals surface area (Å²) >= 11 is 1.69. The highest BCUT2D eigenvalue weighted by atomic mass is 32.1. The first-order valence-electron chi connectivity index (χ1n) is 10.8. The van der Waals surface area contributed by atoms with Crippen LogP contribution in [0.25, 0.3) is 11.6 Å². The number of ether oxygens (including phenoxy) is 2. The van der Waals surface area contributed by atoms with E-state index in [1.807, 2.05) is 6.07 Å². The molecule has 0 radical (unpaired) electrons. The third-order valence-corrected chi connectivity index (χ3v) is 6.51. The number of hydrogen-bond acceptors (Lipinski definition) is 6. The van der Waals surface area contributed by atoms with Gasteiger partial charge in [0, 0.05) is 22.8 Å². The van der Waals surface area contributed by atoms with E-state index in [0.29, 0.717) is 5.71 Å². The maximum Gasteiger partial charge on any atom is 0.224 e. The van der Waals surface area contributed by atoms with Crippen molar-refractivity contribution in [2.75, 3.05) is 13.7 Å². The number of Topliss-reactive ketones (excluding diaryl/α,β-unsaturated/α-hetero) is 1. The van der Waals surface area contributed by atoms with E-state index in [0.717, 1.165) is 53.0 Å². The highest BCUT2D eigenvalue weighted by Gasteiger charge is 2.33. The van der Waals surface area contributed by atoms with Gasteiger partial charge in [-0.3, -0.25) is 9.79 Å². The van der Waals surface area contributed by atoms with Gasteiger partial charge in [0.25, 0.3) is 0 Å². The van der Waals surface area contributed by atoms with Crippen LogP contribution in [-0.4, -0.2) is 37.0 Å². The molecule has 1 aromatic heterocycles. The molecular weight excluding hydrogens is 420 g/mol. The average Bonchev–Trinajstić information content (AvgIpc) is 3.29. The van der Waals surface area contributed by atoms with Gasteiger partial charge in [0.05, 0.1) is 18.9 Å². The van der Waals surface area contributed by atoms with Crippen molar-refractivity contribution in [3.8, 4) is 11.5 Å². The number of ketones is 1. The van der Waals surface area contributed by atoms with Crippen molar-refractivity contribution in [1.29, 1.82) is 5.41 Å². The molecule has 1 aromatic carbocycles. The number of benzene rings is 1. The maximum atomic E-state index is 12.9. The smallest absolute Gasteiger partial charge is 0.224 e. The summed E-state index contributed by atoms with van der Waals surface area (Å²) in [4.78, 5) is 17.7. The number of aryl methyl sites for hydroxylation is 1. The minimum Gasteiger partial charge on any atom is -0.496 e. The molecular formula is C26H28N2O3S. The first-order chi connectivity index (χ1) is 15.4. The molecule has 0 bridgehead atoms. The Bertz CT molecular complexity index is 1150. The van der Waals surface area contributed by atoms with Gasteiger partial charge in [-0.25, -0.2) is 0 Å². The Kier molecular flexibility index (Phi) is 6.42. The molecule has 166 valence electrons. The van der Waals surface area contributed by atoms with Crippen molar-refractivity contribution in [3.63, 3.8) is 0 Å². The predicted octanol–water partition coefficient (Wildman–Crippen LogP) is 5.78. The van der Waals surface area contributed by atoms with Crippen molar-refractivity contribution in [2.45, 2.75) is 46.1 Å². The Hall–Kier alpha value is -2.99. The molecule has 4 rings (SSSR count). The van der Waals surface area contributed by atoms with E-state index in [2.05, 4.69) is 42.8 Å². The van der Waals surface area contributed by atoms with Crippen LogP contribution in [0.3, 0.4) is 0 Å². The first-order valence-corrected chi connectivity index (χ1v) is 11.7. The van der Waals surface area contributed by atoms with Crippen LogP contribution in [0.15, 0.2) is 45.1 Å². The molecule has 6 heteroatoms. The van der Waals surface area contributed by atoms with Crippen LogP contribution in [0, 0.1) is 5.41 Å². The fourth-order valence-corrected chi connectivity index (χ4v) is 4.93. The lowest BCUT2D eigenvalue weighted by atomic mass is 9.83. The number of nitrogens with one attached hydrogen (secondary N) is 1. The van der Waals surface area contributed by atoms with Gasteiger partial charge in [0.15, 0.2) is 0 Å². The van der Waals surface area contributed by atoms with Crippen molar-refractivity contribution in [3.05, 3.63) is 56.8 Å². The lowest BCUT2D eigenvalue weighted by Crippen LogP contribution is -2.33. The Morgan fingerprint density at radius 1 is 1.31 bits per heavy atom. The zero-order valence-corrected chi connectivity index (χ0v) is 19.8. The van der Waals surface area contributed by atoms with Gasteiger partial charge in [0.1, 0.15) is 23.8 Å². The van der Waals surface area contributed by atoms with Gasteiger partial charge in [-0.05, 0) is 74.1 Å². The van der Waals surface area contributed by atoms with Gasteiger partial charge < -0.3 is 14.9 Å². The molecule has 2 aliphatic rings. The van der Waals surface area contributed by atoms with Gasteiger partial charge in [-0.1, -0.05) is 11.6 Å². The quantitative estimate of drug-likeness (QED) is 0.546. The summed E-state index contributed by atoms with van der Waals surface area (Å²) in [6.45, 7) is 5.91. The Balaban J connectivity index is 1.77. The number of rotatable bonds is 7. The zero-order chi connectivity index (χ0) is 22.8. The van der Waals surface area contributed by atoms with E-state index in [1.165, 1.54) is 18.1 Å². The second-order valence-corrected chi connectivity index (χ2v) is 9.30. The summed E-state index contributed by atoms with van der Waals surface area (Å²) in [5.74, 6) is 1.21. The number of methoxy groups -OCH3 is 1. The van der Waals surface area contributed by atoms with Crippen LogP contribution in [0.1, 0.15) is 50.3 Å². The SMILES string of the molecule is COc1cc2c(cc1C=C(C)C)C1=C(CO2)C(C(=O)C(C)=N)=NC(CCc2ccsc2)C1. The van der Waals surface area contributed by atoms with Gasteiger partial charge in [0.2, 0.25) is 5.78 Å². The summed E-state index contributed by atoms with van der Waals surface area (Å²) in [5.41, 5.74) is 6.74. The number of dihydropyridines is 1. The molecule has 32 heavy (non-hydrogen) atoms. The number of carbonyl (C=O) groups excluding carboxylic acids is 1. The zero-order valence-electron chi connectivity index (χ0n) is 19.0. The number of thiophene rings is 1. The van der Waals surface area contributed by atoms with Crippen LogP contribution in [-0.2, 0) is 11.2 Å². The molecule has 0 amide bonds. The molecule has 0 fully saturated rings. The molecule has 5 nitrogen and oxygen atoms in total. The second-order valence-electron chi connectivity index (χ2n) is 8.52. The summed E-state index contributed by atoms with van der Waals surface area (Å²) < 4.78 is 11.6. The summed E-state index contributed by atoms with van der Waals surface area (Å²) in [7, 11) is 1.66. The van der Waals surface area contributed by atoms with Crippen LogP contribution in [0.4, 0.5) is 0 Å². The topological polar surface area (TPSA) is 71.7 Å². The second kappa shape index (κ2) is 9.25. The molecule has 1 N–H and O–H groups in total. The standard InChI is InChI=1S/C26H28N2O3S/c1-15(2)9-18-10-21-20-11-19(6-5-17-7-8-32-14-17)28-25(26(29)16(3)27)22(20)13-31-24(21)12-23(18)30-4/h7-10,12,14,19,27H,5-6,11,13H2,1-4H3. The highest BCUT2D eigenvalue weighted by Crippen LogP contribution is 2.43. The third-order valence-electron chi connectivity index (χ3n) is 5.78. The number of nitrogens with zero attached hydrogens (tertiary/aromatic N) is 1. The normalized spacial score (nSPS) is 17.0. The Morgan fingerprint density at radius 3 is 2.78 bits per heavy atom. The molecule has 2 aromatic rings. The average molecular weight is 449 g/mol. The molecule has 0 aliphatic carbocycles. The fourth-order valence-electron chi connectivity index (χ4n) is 4.23. The number of fused-ring (bicyclic) bond motifs is 2. The fraction of sp³-hybridized carbons (Fsp3) is 0.346. The third kappa shape index (κ3) is 4.46. The Labute approximate surface area is 193 Å². The number of carbonyl (C=O) groups is 1. The first kappa shape index (κ1) is 22.2. The van der Waals surface area contributed by atoms with Crippen LogP contribution in [0.5, 0.6) is 11.5 Å². The van der Waals surface area contributed by atoms with Crippen molar-refractivity contribution in [1.82, 2.24) is 0 Å². The molecule has 2 aliphatic heterocycles. The van der Waals surface area contributed by atoms with Gasteiger partial charge in [-0.2, -0.15) is 11.3 Å². The van der Waals surface area contributed by atoms with E-state index >= 15 is 0 Å². The molecule has 3 heterocycles. The molecule has 1 unspecified atom stereocenters. The van der Waals surface area contributed by atoms with Gasteiger partial charge >= 0.3 is 0 Å². The molecule has 0 saturated heterocycles. The number of aliphatic imine (C=N–C) groups is 1. The molecule has 0 spiro atoms. The number of hydrogen-bond donors (Lipinski definition) is 1. The highest BCUT2D eigenvalue weighted by molar-refractivity contribution is 7.07. The lowest BCUT2D eigenvalue weighted by Gasteiger charge is -2.31. The van der Waals surface area contributed by atoms with E-state index in [4.69, 9.17) is 19.9 Å². The van der Waals surface area contributed by atoms with E-state index in [9.17, 15) is 4.79 Å². The monoisotopic (exact) mass is 448 g/mol. The van der Waals surface area contributed by atoms with Crippen LogP contribution >= 0.6 is 11.3 Å². The van der Waals surface area contributed by atoms with Crippen molar-refractivity contribution in [2.24, 2.45) is 4.99 Å². The van der Waals surface area contributed by atoms with Crippen LogP contribution < -0.4 is 9.47 Å². The summed E-state index contributed by atoms with van der Waals surface area (Å²) in [5, 5.41) is 12.2. The van der Waals surface area contributed by atoms with E-state index in [1.54, 1.807) is 18.4 Å². The largest absolute Gasteiger partial charge is 0.496 e.